The minimum absolute atomic E-state index is 0.0158. The maximum Gasteiger partial charge on any atom is 0.338 e. The van der Waals surface area contributed by atoms with E-state index in [2.05, 4.69) is 4.72 Å². The van der Waals surface area contributed by atoms with Crippen LogP contribution in [0.15, 0.2) is 45.9 Å². The van der Waals surface area contributed by atoms with Gasteiger partial charge in [0.25, 0.3) is 0 Å². The lowest BCUT2D eigenvalue weighted by Gasteiger charge is -2.10. The lowest BCUT2D eigenvalue weighted by molar-refractivity contribution is 0.0498. The Morgan fingerprint density at radius 1 is 1.29 bits per heavy atom. The van der Waals surface area contributed by atoms with E-state index in [9.17, 15) is 13.2 Å². The summed E-state index contributed by atoms with van der Waals surface area (Å²) in [5.41, 5.74) is 0.924. The first-order chi connectivity index (χ1) is 11.4. The van der Waals surface area contributed by atoms with Crippen LogP contribution in [-0.2, 0) is 21.3 Å². The van der Waals surface area contributed by atoms with Crippen LogP contribution in [0.2, 0.25) is 0 Å². The molecule has 0 amide bonds. The molecule has 0 saturated carbocycles. The molecule has 0 unspecified atom stereocenters. The zero-order valence-corrected chi connectivity index (χ0v) is 14.6. The van der Waals surface area contributed by atoms with Crippen molar-refractivity contribution in [3.63, 3.8) is 0 Å². The SMILES string of the molecule is CCCCOC(=O)c1cc(S(=O)(=O)NCc2ccco2)ccc1C. The summed E-state index contributed by atoms with van der Waals surface area (Å²) in [6.45, 7) is 4.10. The summed E-state index contributed by atoms with van der Waals surface area (Å²) in [6.07, 6.45) is 3.16. The van der Waals surface area contributed by atoms with Crippen molar-refractivity contribution in [3.05, 3.63) is 53.5 Å². The number of rotatable bonds is 8. The van der Waals surface area contributed by atoms with Crippen LogP contribution in [-0.4, -0.2) is 21.0 Å². The second-order valence-corrected chi connectivity index (χ2v) is 7.14. The van der Waals surface area contributed by atoms with E-state index in [0.717, 1.165) is 12.8 Å². The van der Waals surface area contributed by atoms with E-state index in [0.29, 0.717) is 17.9 Å². The predicted molar refractivity (Wildman–Crippen MR) is 89.1 cm³/mol. The van der Waals surface area contributed by atoms with Crippen molar-refractivity contribution < 1.29 is 22.4 Å². The Bertz CT molecular complexity index is 781. The maximum atomic E-state index is 12.4. The summed E-state index contributed by atoms with van der Waals surface area (Å²) in [5.74, 6) is -0.00563. The van der Waals surface area contributed by atoms with Crippen LogP contribution in [0.1, 0.15) is 41.4 Å². The van der Waals surface area contributed by atoms with Crippen LogP contribution < -0.4 is 4.72 Å². The molecule has 1 aromatic carbocycles. The van der Waals surface area contributed by atoms with Crippen molar-refractivity contribution in [2.45, 2.75) is 38.1 Å². The molecular weight excluding hydrogens is 330 g/mol. The number of carbonyl (C=O) groups is 1. The summed E-state index contributed by atoms with van der Waals surface area (Å²) in [5, 5.41) is 0. The quantitative estimate of drug-likeness (QED) is 0.584. The highest BCUT2D eigenvalue weighted by molar-refractivity contribution is 7.89. The van der Waals surface area contributed by atoms with Gasteiger partial charge in [0.1, 0.15) is 5.76 Å². The predicted octanol–water partition coefficient (Wildman–Crippen LogP) is 3.02. The number of benzene rings is 1. The van der Waals surface area contributed by atoms with Crippen LogP contribution in [0.3, 0.4) is 0 Å². The van der Waals surface area contributed by atoms with Crippen LogP contribution in [0.25, 0.3) is 0 Å². The number of unbranched alkanes of at least 4 members (excludes halogenated alkanes) is 1. The largest absolute Gasteiger partial charge is 0.468 e. The molecule has 24 heavy (non-hydrogen) atoms. The zero-order valence-electron chi connectivity index (χ0n) is 13.7. The van der Waals surface area contributed by atoms with Crippen LogP contribution >= 0.6 is 0 Å². The van der Waals surface area contributed by atoms with Crippen molar-refractivity contribution in [2.24, 2.45) is 0 Å². The number of esters is 1. The molecule has 0 aliphatic carbocycles. The highest BCUT2D eigenvalue weighted by Gasteiger charge is 2.19. The Labute approximate surface area is 141 Å². The Kier molecular flexibility index (Phi) is 6.16. The Hall–Kier alpha value is -2.12. The number of sulfonamides is 1. The number of carbonyl (C=O) groups excluding carboxylic acids is 1. The number of hydrogen-bond donors (Lipinski definition) is 1. The minimum atomic E-state index is -3.75. The van der Waals surface area contributed by atoms with Gasteiger partial charge in [-0.15, -0.1) is 0 Å². The molecule has 0 atom stereocenters. The van der Waals surface area contributed by atoms with Gasteiger partial charge in [-0.2, -0.15) is 0 Å². The topological polar surface area (TPSA) is 85.6 Å². The van der Waals surface area contributed by atoms with E-state index in [4.69, 9.17) is 9.15 Å². The molecule has 2 aromatic rings. The van der Waals surface area contributed by atoms with E-state index in [1.807, 2.05) is 6.92 Å². The molecule has 0 fully saturated rings. The molecular formula is C17H21NO5S. The summed E-state index contributed by atoms with van der Waals surface area (Å²) < 4.78 is 37.4. The third-order valence-electron chi connectivity index (χ3n) is 3.49. The van der Waals surface area contributed by atoms with Gasteiger partial charge in [-0.3, -0.25) is 0 Å². The van der Waals surface area contributed by atoms with Crippen molar-refractivity contribution >= 4 is 16.0 Å². The maximum absolute atomic E-state index is 12.4. The molecule has 130 valence electrons. The van der Waals surface area contributed by atoms with Gasteiger partial charge in [-0.1, -0.05) is 19.4 Å². The number of hydrogen-bond acceptors (Lipinski definition) is 5. The molecule has 0 saturated heterocycles. The van der Waals surface area contributed by atoms with E-state index < -0.39 is 16.0 Å². The van der Waals surface area contributed by atoms with Crippen LogP contribution in [0.5, 0.6) is 0 Å². The van der Waals surface area contributed by atoms with E-state index >= 15 is 0 Å². The molecule has 1 N–H and O–H groups in total. The van der Waals surface area contributed by atoms with Crippen molar-refractivity contribution in [1.29, 1.82) is 0 Å². The van der Waals surface area contributed by atoms with Gasteiger partial charge in [-0.05, 0) is 43.2 Å². The fourth-order valence-electron chi connectivity index (χ4n) is 2.04. The summed E-state index contributed by atoms with van der Waals surface area (Å²) in [7, 11) is -3.75. The molecule has 0 aliphatic heterocycles. The molecule has 1 aromatic heterocycles. The zero-order chi connectivity index (χ0) is 17.6. The Balaban J connectivity index is 2.15. The smallest absolute Gasteiger partial charge is 0.338 e. The molecule has 7 heteroatoms. The molecule has 0 aliphatic rings. The van der Waals surface area contributed by atoms with Crippen molar-refractivity contribution in [3.8, 4) is 0 Å². The highest BCUT2D eigenvalue weighted by atomic mass is 32.2. The average Bonchev–Trinajstić information content (AvgIpc) is 3.07. The van der Waals surface area contributed by atoms with Gasteiger partial charge >= 0.3 is 5.97 Å². The van der Waals surface area contributed by atoms with E-state index in [-0.39, 0.29) is 17.0 Å². The molecule has 0 radical (unpaired) electrons. The highest BCUT2D eigenvalue weighted by Crippen LogP contribution is 2.17. The first-order valence-corrected chi connectivity index (χ1v) is 9.22. The van der Waals surface area contributed by atoms with Gasteiger partial charge in [-0.25, -0.2) is 17.9 Å². The van der Waals surface area contributed by atoms with Gasteiger partial charge in [0.15, 0.2) is 0 Å². The van der Waals surface area contributed by atoms with Crippen molar-refractivity contribution in [2.75, 3.05) is 6.61 Å². The standard InChI is InChI=1S/C17H21NO5S/c1-3-4-9-23-17(19)16-11-15(8-7-13(16)2)24(20,21)18-12-14-6-5-10-22-14/h5-8,10-11,18H,3-4,9,12H2,1-2H3. The van der Waals surface area contributed by atoms with E-state index in [1.165, 1.54) is 18.4 Å². The fraction of sp³-hybridized carbons (Fsp3) is 0.353. The Morgan fingerprint density at radius 2 is 2.08 bits per heavy atom. The number of nitrogens with one attached hydrogen (secondary N) is 1. The monoisotopic (exact) mass is 351 g/mol. The first kappa shape index (κ1) is 18.2. The summed E-state index contributed by atoms with van der Waals surface area (Å²) in [6, 6.07) is 7.75. The molecule has 0 spiro atoms. The first-order valence-electron chi connectivity index (χ1n) is 7.74. The minimum Gasteiger partial charge on any atom is -0.468 e. The average molecular weight is 351 g/mol. The number of ether oxygens (including phenoxy) is 1. The fourth-order valence-corrected chi connectivity index (χ4v) is 3.06. The Morgan fingerprint density at radius 3 is 2.75 bits per heavy atom. The number of furan rings is 1. The van der Waals surface area contributed by atoms with Gasteiger partial charge < -0.3 is 9.15 Å². The molecule has 2 rings (SSSR count). The molecule has 6 nitrogen and oxygen atoms in total. The lowest BCUT2D eigenvalue weighted by atomic mass is 10.1. The van der Waals surface area contributed by atoms with Crippen LogP contribution in [0, 0.1) is 6.92 Å². The van der Waals surface area contributed by atoms with Crippen LogP contribution in [0.4, 0.5) is 0 Å². The van der Waals surface area contributed by atoms with Gasteiger partial charge in [0, 0.05) is 0 Å². The molecule has 0 bridgehead atoms. The molecule has 1 heterocycles. The second kappa shape index (κ2) is 8.12. The number of aryl methyl sites for hydroxylation is 1. The third kappa shape index (κ3) is 4.69. The lowest BCUT2D eigenvalue weighted by Crippen LogP contribution is -2.23. The summed E-state index contributed by atoms with van der Waals surface area (Å²) in [4.78, 5) is 12.1. The van der Waals surface area contributed by atoms with Crippen molar-refractivity contribution in [1.82, 2.24) is 4.72 Å². The second-order valence-electron chi connectivity index (χ2n) is 5.37. The summed E-state index contributed by atoms with van der Waals surface area (Å²) >= 11 is 0. The third-order valence-corrected chi connectivity index (χ3v) is 4.89. The normalized spacial score (nSPS) is 11.4. The van der Waals surface area contributed by atoms with Gasteiger partial charge in [0.05, 0.1) is 29.9 Å². The van der Waals surface area contributed by atoms with E-state index in [1.54, 1.807) is 25.1 Å². The van der Waals surface area contributed by atoms with Gasteiger partial charge in [0.2, 0.25) is 10.0 Å².